The highest BCUT2D eigenvalue weighted by Gasteiger charge is 2.48. The first-order valence-corrected chi connectivity index (χ1v) is 9.34. The summed E-state index contributed by atoms with van der Waals surface area (Å²) in [5.74, 6) is 1.07. The van der Waals surface area contributed by atoms with E-state index in [4.69, 9.17) is 19.3 Å². The highest BCUT2D eigenvalue weighted by Crippen LogP contribution is 2.45. The lowest BCUT2D eigenvalue weighted by molar-refractivity contribution is 0.0378. The Morgan fingerprint density at radius 3 is 2.54 bits per heavy atom. The summed E-state index contributed by atoms with van der Waals surface area (Å²) in [5, 5.41) is 8.78. The minimum atomic E-state index is 0.254. The molecule has 4 nitrogen and oxygen atoms in total. The van der Waals surface area contributed by atoms with E-state index in [1.165, 1.54) is 18.4 Å². The van der Waals surface area contributed by atoms with E-state index in [2.05, 4.69) is 24.3 Å². The van der Waals surface area contributed by atoms with E-state index < -0.39 is 0 Å². The van der Waals surface area contributed by atoms with E-state index in [-0.39, 0.29) is 6.61 Å². The summed E-state index contributed by atoms with van der Waals surface area (Å²) in [7, 11) is 0. The van der Waals surface area contributed by atoms with Gasteiger partial charge in [0.15, 0.2) is 0 Å². The Labute approximate surface area is 145 Å². The number of unbranched alkanes of at least 4 members (excludes halogenated alkanes) is 1. The van der Waals surface area contributed by atoms with Gasteiger partial charge in [-0.15, -0.1) is 0 Å². The van der Waals surface area contributed by atoms with Crippen molar-refractivity contribution < 1.29 is 19.3 Å². The fourth-order valence-corrected chi connectivity index (χ4v) is 4.03. The van der Waals surface area contributed by atoms with Crippen LogP contribution >= 0.6 is 0 Å². The maximum atomic E-state index is 8.78. The molecular formula is C20H30O4. The Bertz CT molecular complexity index is 464. The summed E-state index contributed by atoms with van der Waals surface area (Å²) < 4.78 is 17.8. The lowest BCUT2D eigenvalue weighted by atomic mass is 9.78. The van der Waals surface area contributed by atoms with Crippen LogP contribution in [-0.2, 0) is 20.8 Å². The Morgan fingerprint density at radius 2 is 1.75 bits per heavy atom. The fourth-order valence-electron chi connectivity index (χ4n) is 4.03. The van der Waals surface area contributed by atoms with Crippen LogP contribution in [0.3, 0.4) is 0 Å². The van der Waals surface area contributed by atoms with E-state index in [0.717, 1.165) is 39.1 Å². The monoisotopic (exact) mass is 334 g/mol. The lowest BCUT2D eigenvalue weighted by Gasteiger charge is -2.27. The fraction of sp³-hybridized carbons (Fsp3) is 0.700. The topological polar surface area (TPSA) is 47.9 Å². The van der Waals surface area contributed by atoms with Crippen LogP contribution in [0.2, 0.25) is 0 Å². The van der Waals surface area contributed by atoms with Gasteiger partial charge >= 0.3 is 0 Å². The van der Waals surface area contributed by atoms with E-state index in [1.54, 1.807) is 0 Å². The molecule has 2 saturated heterocycles. The first-order chi connectivity index (χ1) is 11.9. The van der Waals surface area contributed by atoms with Gasteiger partial charge < -0.3 is 19.3 Å². The highest BCUT2D eigenvalue weighted by atomic mass is 16.5. The average molecular weight is 334 g/mol. The van der Waals surface area contributed by atoms with Gasteiger partial charge in [0.25, 0.3) is 0 Å². The molecular weight excluding hydrogens is 304 g/mol. The maximum absolute atomic E-state index is 8.78. The Balaban J connectivity index is 1.39. The van der Waals surface area contributed by atoms with Crippen LogP contribution in [0.25, 0.3) is 0 Å². The van der Waals surface area contributed by atoms with Crippen molar-refractivity contribution in [3.63, 3.8) is 0 Å². The third-order valence-corrected chi connectivity index (χ3v) is 5.30. The normalized spacial score (nSPS) is 28.5. The molecule has 2 aliphatic heterocycles. The average Bonchev–Trinajstić information content (AvgIpc) is 3.21. The predicted octanol–water partition coefficient (Wildman–Crippen LogP) is 3.18. The van der Waals surface area contributed by atoms with Gasteiger partial charge in [0.1, 0.15) is 0 Å². The quantitative estimate of drug-likeness (QED) is 0.632. The van der Waals surface area contributed by atoms with Gasteiger partial charge in [-0.3, -0.25) is 0 Å². The van der Waals surface area contributed by atoms with Crippen LogP contribution in [0.15, 0.2) is 30.3 Å². The molecule has 1 N–H and O–H groups in total. The molecule has 0 aliphatic carbocycles. The van der Waals surface area contributed by atoms with Crippen molar-refractivity contribution in [3.05, 3.63) is 35.9 Å². The summed E-state index contributed by atoms with van der Waals surface area (Å²) in [6.07, 6.45) is 5.97. The molecule has 2 bridgehead atoms. The molecule has 4 heteroatoms. The smallest absolute Gasteiger partial charge is 0.0717 e. The molecule has 4 atom stereocenters. The zero-order chi connectivity index (χ0) is 16.6. The molecule has 0 aromatic heterocycles. The van der Waals surface area contributed by atoms with Crippen molar-refractivity contribution in [1.29, 1.82) is 0 Å². The molecule has 2 heterocycles. The number of ether oxygens (including phenoxy) is 3. The molecule has 3 rings (SSSR count). The molecule has 0 saturated carbocycles. The van der Waals surface area contributed by atoms with Crippen LogP contribution in [0, 0.1) is 11.8 Å². The number of hydrogen-bond acceptors (Lipinski definition) is 4. The number of aliphatic hydroxyl groups is 1. The first kappa shape index (κ1) is 17.9. The second-order valence-electron chi connectivity index (χ2n) is 6.95. The van der Waals surface area contributed by atoms with E-state index in [0.29, 0.717) is 30.7 Å². The molecule has 2 fully saturated rings. The SMILES string of the molecule is OCCCCOCC[C@@H]1[C@H](COCc2ccccc2)[C@@H]2CC[C@H]1O2. The van der Waals surface area contributed by atoms with Crippen LogP contribution in [0.5, 0.6) is 0 Å². The molecule has 0 unspecified atom stereocenters. The van der Waals surface area contributed by atoms with Gasteiger partial charge in [-0.2, -0.15) is 0 Å². The van der Waals surface area contributed by atoms with Crippen molar-refractivity contribution in [2.75, 3.05) is 26.4 Å². The van der Waals surface area contributed by atoms with Crippen LogP contribution in [0.1, 0.15) is 37.7 Å². The second kappa shape index (κ2) is 9.52. The van der Waals surface area contributed by atoms with Gasteiger partial charge in [-0.25, -0.2) is 0 Å². The minimum Gasteiger partial charge on any atom is -0.396 e. The molecule has 2 aliphatic rings. The van der Waals surface area contributed by atoms with Crippen molar-refractivity contribution in [1.82, 2.24) is 0 Å². The predicted molar refractivity (Wildman–Crippen MR) is 92.7 cm³/mol. The lowest BCUT2D eigenvalue weighted by Crippen LogP contribution is -2.31. The van der Waals surface area contributed by atoms with Gasteiger partial charge in [0.2, 0.25) is 0 Å². The molecule has 1 aromatic carbocycles. The van der Waals surface area contributed by atoms with E-state index in [1.807, 2.05) is 6.07 Å². The molecule has 24 heavy (non-hydrogen) atoms. The standard InChI is InChI=1S/C20H30O4/c21-11-4-5-12-22-13-10-17-18(20-9-8-19(17)24-20)15-23-14-16-6-2-1-3-7-16/h1-3,6-7,17-21H,4-5,8-15H2/t17-,18+,19-,20+/m1/s1. The number of benzene rings is 1. The summed E-state index contributed by atoms with van der Waals surface area (Å²) in [4.78, 5) is 0. The van der Waals surface area contributed by atoms with Gasteiger partial charge in [-0.1, -0.05) is 30.3 Å². The largest absolute Gasteiger partial charge is 0.396 e. The minimum absolute atomic E-state index is 0.254. The van der Waals surface area contributed by atoms with Crippen molar-refractivity contribution >= 4 is 0 Å². The number of hydrogen-bond donors (Lipinski definition) is 1. The number of fused-ring (bicyclic) bond motifs is 2. The van der Waals surface area contributed by atoms with E-state index in [9.17, 15) is 0 Å². The number of rotatable bonds is 11. The van der Waals surface area contributed by atoms with Crippen molar-refractivity contribution in [3.8, 4) is 0 Å². The Kier molecular flexibility index (Phi) is 7.09. The maximum Gasteiger partial charge on any atom is 0.0717 e. The summed E-state index contributed by atoms with van der Waals surface area (Å²) in [6, 6.07) is 10.3. The molecule has 1 aromatic rings. The summed E-state index contributed by atoms with van der Waals surface area (Å²) >= 11 is 0. The Hall–Kier alpha value is -0.940. The van der Waals surface area contributed by atoms with Crippen molar-refractivity contribution in [2.24, 2.45) is 11.8 Å². The zero-order valence-electron chi connectivity index (χ0n) is 14.4. The second-order valence-corrected chi connectivity index (χ2v) is 6.95. The van der Waals surface area contributed by atoms with Gasteiger partial charge in [0.05, 0.1) is 25.4 Å². The van der Waals surface area contributed by atoms with Crippen LogP contribution in [-0.4, -0.2) is 43.7 Å². The molecule has 0 spiro atoms. The molecule has 0 amide bonds. The third kappa shape index (κ3) is 4.79. The first-order valence-electron chi connectivity index (χ1n) is 9.34. The number of aliphatic hydroxyl groups excluding tert-OH is 1. The van der Waals surface area contributed by atoms with Crippen LogP contribution in [0.4, 0.5) is 0 Å². The molecule has 0 radical (unpaired) electrons. The highest BCUT2D eigenvalue weighted by molar-refractivity contribution is 5.13. The Morgan fingerprint density at radius 1 is 0.958 bits per heavy atom. The van der Waals surface area contributed by atoms with E-state index >= 15 is 0 Å². The van der Waals surface area contributed by atoms with Crippen LogP contribution < -0.4 is 0 Å². The van der Waals surface area contributed by atoms with Gasteiger partial charge in [0, 0.05) is 25.7 Å². The van der Waals surface area contributed by atoms with Gasteiger partial charge in [-0.05, 0) is 43.6 Å². The molecule has 134 valence electrons. The summed E-state index contributed by atoms with van der Waals surface area (Å²) in [6.45, 7) is 3.25. The van der Waals surface area contributed by atoms with Crippen molar-refractivity contribution in [2.45, 2.75) is 50.9 Å². The zero-order valence-corrected chi connectivity index (χ0v) is 14.4. The third-order valence-electron chi connectivity index (χ3n) is 5.30. The summed E-state index contributed by atoms with van der Waals surface area (Å²) in [5.41, 5.74) is 1.23.